The van der Waals surface area contributed by atoms with Crippen LogP contribution in [-0.2, 0) is 0 Å². The third-order valence-electron chi connectivity index (χ3n) is 3.93. The van der Waals surface area contributed by atoms with Crippen molar-refractivity contribution in [2.75, 3.05) is 47.8 Å². The molecule has 0 aromatic carbocycles. The molecule has 7 nitrogen and oxygen atoms in total. The topological polar surface area (TPSA) is 70.1 Å². The van der Waals surface area contributed by atoms with E-state index in [4.69, 9.17) is 0 Å². The van der Waals surface area contributed by atoms with Crippen molar-refractivity contribution in [1.29, 1.82) is 0 Å². The molecule has 0 aliphatic carbocycles. The molecule has 0 amide bonds. The highest BCUT2D eigenvalue weighted by molar-refractivity contribution is 5.49. The fourth-order valence-electron chi connectivity index (χ4n) is 2.81. The number of hydrogen-bond donors (Lipinski definition) is 1. The SMILES string of the molecule is CCNc1nc(C)cc(N2CCN(c3nccnc3C)CC2)n1. The Morgan fingerprint density at radius 1 is 1.00 bits per heavy atom. The van der Waals surface area contributed by atoms with Crippen LogP contribution < -0.4 is 15.1 Å². The largest absolute Gasteiger partial charge is 0.354 e. The first-order chi connectivity index (χ1) is 11.2. The standard InChI is InChI=1S/C16H23N7/c1-4-17-16-20-12(2)11-14(21-16)22-7-9-23(10-8-22)15-13(3)18-5-6-19-15/h5-6,11H,4,7-10H2,1-3H3,(H,17,20,21). The molecule has 7 heteroatoms. The van der Waals surface area contributed by atoms with Gasteiger partial charge < -0.3 is 15.1 Å². The van der Waals surface area contributed by atoms with Crippen LogP contribution in [0.15, 0.2) is 18.5 Å². The molecule has 2 aromatic rings. The molecule has 0 bridgehead atoms. The number of piperazine rings is 1. The Bertz CT molecular complexity index is 665. The van der Waals surface area contributed by atoms with E-state index in [0.29, 0.717) is 5.95 Å². The molecule has 1 fully saturated rings. The normalized spacial score (nSPS) is 14.9. The summed E-state index contributed by atoms with van der Waals surface area (Å²) in [4.78, 5) is 22.4. The molecule has 0 saturated carbocycles. The van der Waals surface area contributed by atoms with Crippen LogP contribution in [0.4, 0.5) is 17.6 Å². The number of rotatable bonds is 4. The van der Waals surface area contributed by atoms with Crippen molar-refractivity contribution in [3.8, 4) is 0 Å². The minimum atomic E-state index is 0.703. The van der Waals surface area contributed by atoms with Gasteiger partial charge in [0, 0.05) is 56.9 Å². The van der Waals surface area contributed by atoms with Crippen LogP contribution in [0.5, 0.6) is 0 Å². The smallest absolute Gasteiger partial charge is 0.224 e. The highest BCUT2D eigenvalue weighted by Crippen LogP contribution is 2.20. The highest BCUT2D eigenvalue weighted by atomic mass is 15.3. The van der Waals surface area contributed by atoms with Crippen molar-refractivity contribution in [3.05, 3.63) is 29.8 Å². The van der Waals surface area contributed by atoms with Gasteiger partial charge in [0.25, 0.3) is 0 Å². The summed E-state index contributed by atoms with van der Waals surface area (Å²) >= 11 is 0. The van der Waals surface area contributed by atoms with E-state index >= 15 is 0 Å². The number of anilines is 3. The molecule has 0 spiro atoms. The minimum absolute atomic E-state index is 0.703. The van der Waals surface area contributed by atoms with Gasteiger partial charge in [-0.05, 0) is 20.8 Å². The Labute approximate surface area is 136 Å². The lowest BCUT2D eigenvalue weighted by Crippen LogP contribution is -2.47. The van der Waals surface area contributed by atoms with Gasteiger partial charge >= 0.3 is 0 Å². The molecule has 1 saturated heterocycles. The lowest BCUT2D eigenvalue weighted by molar-refractivity contribution is 0.638. The van der Waals surface area contributed by atoms with E-state index in [0.717, 1.165) is 55.7 Å². The number of hydrogen-bond acceptors (Lipinski definition) is 7. The summed E-state index contributed by atoms with van der Waals surface area (Å²) in [6.45, 7) is 10.5. The molecule has 1 aliphatic rings. The Balaban J connectivity index is 1.71. The average Bonchev–Trinajstić information content (AvgIpc) is 2.55. The maximum Gasteiger partial charge on any atom is 0.224 e. The van der Waals surface area contributed by atoms with E-state index in [-0.39, 0.29) is 0 Å². The first-order valence-electron chi connectivity index (χ1n) is 8.04. The van der Waals surface area contributed by atoms with Gasteiger partial charge in [-0.2, -0.15) is 4.98 Å². The Morgan fingerprint density at radius 3 is 2.39 bits per heavy atom. The minimum Gasteiger partial charge on any atom is -0.354 e. The van der Waals surface area contributed by atoms with E-state index in [1.54, 1.807) is 12.4 Å². The van der Waals surface area contributed by atoms with Crippen molar-refractivity contribution < 1.29 is 0 Å². The highest BCUT2D eigenvalue weighted by Gasteiger charge is 2.21. The fourth-order valence-corrected chi connectivity index (χ4v) is 2.81. The van der Waals surface area contributed by atoms with Gasteiger partial charge in [-0.25, -0.2) is 9.97 Å². The van der Waals surface area contributed by atoms with Crippen molar-refractivity contribution >= 4 is 17.6 Å². The number of nitrogens with one attached hydrogen (secondary N) is 1. The molecule has 0 unspecified atom stereocenters. The van der Waals surface area contributed by atoms with Gasteiger partial charge in [-0.15, -0.1) is 0 Å². The Kier molecular flexibility index (Phi) is 4.55. The van der Waals surface area contributed by atoms with Gasteiger partial charge in [0.15, 0.2) is 0 Å². The van der Waals surface area contributed by atoms with Gasteiger partial charge in [0.2, 0.25) is 5.95 Å². The lowest BCUT2D eigenvalue weighted by Gasteiger charge is -2.36. The molecule has 3 heterocycles. The van der Waals surface area contributed by atoms with E-state index < -0.39 is 0 Å². The van der Waals surface area contributed by atoms with Crippen LogP contribution in [-0.4, -0.2) is 52.7 Å². The fraction of sp³-hybridized carbons (Fsp3) is 0.500. The van der Waals surface area contributed by atoms with Crippen molar-refractivity contribution in [1.82, 2.24) is 19.9 Å². The van der Waals surface area contributed by atoms with Gasteiger partial charge in [0.1, 0.15) is 11.6 Å². The molecule has 23 heavy (non-hydrogen) atoms. The number of nitrogens with zero attached hydrogens (tertiary/aromatic N) is 6. The van der Waals surface area contributed by atoms with E-state index in [2.05, 4.69) is 35.1 Å². The van der Waals surface area contributed by atoms with Gasteiger partial charge in [0.05, 0.1) is 5.69 Å². The number of aryl methyl sites for hydroxylation is 2. The Hall–Kier alpha value is -2.44. The van der Waals surface area contributed by atoms with Crippen molar-refractivity contribution in [3.63, 3.8) is 0 Å². The molecule has 2 aromatic heterocycles. The molecular formula is C16H23N7. The van der Waals surface area contributed by atoms with Crippen LogP contribution in [0.3, 0.4) is 0 Å². The zero-order valence-corrected chi connectivity index (χ0v) is 14.0. The Morgan fingerprint density at radius 2 is 1.70 bits per heavy atom. The van der Waals surface area contributed by atoms with Gasteiger partial charge in [-0.3, -0.25) is 4.98 Å². The van der Waals surface area contributed by atoms with Crippen LogP contribution in [0.1, 0.15) is 18.3 Å². The second kappa shape index (κ2) is 6.76. The molecule has 1 aliphatic heterocycles. The maximum absolute atomic E-state index is 4.62. The number of aromatic nitrogens is 4. The molecule has 1 N–H and O–H groups in total. The summed E-state index contributed by atoms with van der Waals surface area (Å²) < 4.78 is 0. The average molecular weight is 313 g/mol. The van der Waals surface area contributed by atoms with Crippen LogP contribution in [0, 0.1) is 13.8 Å². The van der Waals surface area contributed by atoms with Gasteiger partial charge in [-0.1, -0.05) is 0 Å². The van der Waals surface area contributed by atoms with Crippen molar-refractivity contribution in [2.24, 2.45) is 0 Å². The van der Waals surface area contributed by atoms with E-state index in [9.17, 15) is 0 Å². The predicted molar refractivity (Wildman–Crippen MR) is 92.1 cm³/mol. The zero-order chi connectivity index (χ0) is 16.2. The third kappa shape index (κ3) is 3.49. The first-order valence-corrected chi connectivity index (χ1v) is 8.04. The van der Waals surface area contributed by atoms with Crippen LogP contribution >= 0.6 is 0 Å². The maximum atomic E-state index is 4.62. The summed E-state index contributed by atoms with van der Waals surface area (Å²) in [5.41, 5.74) is 1.96. The van der Waals surface area contributed by atoms with E-state index in [1.165, 1.54) is 0 Å². The predicted octanol–water partition coefficient (Wildman–Crippen LogP) is 1.64. The van der Waals surface area contributed by atoms with Crippen LogP contribution in [0.25, 0.3) is 0 Å². The lowest BCUT2D eigenvalue weighted by atomic mass is 10.3. The summed E-state index contributed by atoms with van der Waals surface area (Å²) in [5, 5.41) is 3.19. The zero-order valence-electron chi connectivity index (χ0n) is 14.0. The second-order valence-corrected chi connectivity index (χ2v) is 5.66. The second-order valence-electron chi connectivity index (χ2n) is 5.66. The molecule has 0 atom stereocenters. The summed E-state index contributed by atoms with van der Waals surface area (Å²) in [6.07, 6.45) is 3.49. The molecule has 3 rings (SSSR count). The monoisotopic (exact) mass is 313 g/mol. The summed E-state index contributed by atoms with van der Waals surface area (Å²) in [5.74, 6) is 2.68. The van der Waals surface area contributed by atoms with Crippen LogP contribution in [0.2, 0.25) is 0 Å². The molecule has 0 radical (unpaired) electrons. The van der Waals surface area contributed by atoms with Crippen molar-refractivity contribution in [2.45, 2.75) is 20.8 Å². The quantitative estimate of drug-likeness (QED) is 0.920. The van der Waals surface area contributed by atoms with E-state index in [1.807, 2.05) is 26.8 Å². The molecule has 122 valence electrons. The molecular weight excluding hydrogens is 290 g/mol. The summed E-state index contributed by atoms with van der Waals surface area (Å²) in [6, 6.07) is 2.05. The first kappa shape index (κ1) is 15.5. The third-order valence-corrected chi connectivity index (χ3v) is 3.93. The summed E-state index contributed by atoms with van der Waals surface area (Å²) in [7, 11) is 0.